The van der Waals surface area contributed by atoms with Gasteiger partial charge in [0.25, 0.3) is 0 Å². The minimum Gasteiger partial charge on any atom is -0.334 e. The fraction of sp³-hybridized carbons (Fsp3) is 0.261. The minimum atomic E-state index is 0.0429. The van der Waals surface area contributed by atoms with Gasteiger partial charge in [0, 0.05) is 35.6 Å². The van der Waals surface area contributed by atoms with Gasteiger partial charge in [-0.1, -0.05) is 35.9 Å². The zero-order chi connectivity index (χ0) is 19.3. The number of aromatic nitrogens is 2. The second-order valence-corrected chi connectivity index (χ2v) is 7.54. The van der Waals surface area contributed by atoms with E-state index in [-0.39, 0.29) is 11.9 Å². The molecule has 0 saturated carbocycles. The van der Waals surface area contributed by atoms with Crippen molar-refractivity contribution in [3.05, 3.63) is 94.5 Å². The topological polar surface area (TPSA) is 46.1 Å². The van der Waals surface area contributed by atoms with Crippen molar-refractivity contribution in [2.45, 2.75) is 31.7 Å². The fourth-order valence-corrected chi connectivity index (χ4v) is 3.85. The Morgan fingerprint density at radius 3 is 2.64 bits per heavy atom. The number of benzene rings is 1. The van der Waals surface area contributed by atoms with Crippen LogP contribution in [0.3, 0.4) is 0 Å². The number of pyridine rings is 2. The summed E-state index contributed by atoms with van der Waals surface area (Å²) in [5.74, 6) is 0.117. The summed E-state index contributed by atoms with van der Waals surface area (Å²) in [7, 11) is 0. The number of hydrogen-bond acceptors (Lipinski definition) is 3. The fourth-order valence-electron chi connectivity index (χ4n) is 3.73. The highest BCUT2D eigenvalue weighted by Gasteiger charge is 2.31. The Balaban J connectivity index is 1.49. The molecule has 3 heterocycles. The van der Waals surface area contributed by atoms with Crippen LogP contribution in [0.15, 0.2) is 66.9 Å². The third kappa shape index (κ3) is 4.39. The first-order chi connectivity index (χ1) is 13.7. The molecule has 4 nitrogen and oxygen atoms in total. The predicted molar refractivity (Wildman–Crippen MR) is 110 cm³/mol. The minimum absolute atomic E-state index is 0.0429. The molecule has 1 saturated heterocycles. The lowest BCUT2D eigenvalue weighted by Gasteiger charge is -2.24. The highest BCUT2D eigenvalue weighted by Crippen LogP contribution is 2.31. The number of rotatable bonds is 5. The van der Waals surface area contributed by atoms with Crippen molar-refractivity contribution in [1.29, 1.82) is 0 Å². The maximum absolute atomic E-state index is 12.9. The molecule has 1 fully saturated rings. The molecule has 0 bridgehead atoms. The average Bonchev–Trinajstić information content (AvgIpc) is 3.21. The van der Waals surface area contributed by atoms with Crippen molar-refractivity contribution in [1.82, 2.24) is 14.9 Å². The summed E-state index contributed by atoms with van der Waals surface area (Å²) in [4.78, 5) is 24.0. The van der Waals surface area contributed by atoms with Gasteiger partial charge in [-0.25, -0.2) is 0 Å². The van der Waals surface area contributed by atoms with Gasteiger partial charge in [0.15, 0.2) is 0 Å². The average molecular weight is 392 g/mol. The van der Waals surface area contributed by atoms with Crippen LogP contribution in [0.1, 0.15) is 41.5 Å². The van der Waals surface area contributed by atoms with Crippen LogP contribution in [0.25, 0.3) is 0 Å². The Hall–Kier alpha value is -2.72. The molecule has 1 atom stereocenters. The standard InChI is InChI=1S/C23H22ClN3O/c24-18-11-9-17(10-12-18)15-20-6-3-7-21(26-20)22-8-4-14-27(22)23(28)16-19-5-1-2-13-25-19/h1-3,5-7,9-13,22H,4,8,14-16H2/t22-/m1/s1. The Morgan fingerprint density at radius 1 is 1.04 bits per heavy atom. The van der Waals surface area contributed by atoms with Gasteiger partial charge in [0.1, 0.15) is 0 Å². The molecule has 0 radical (unpaired) electrons. The van der Waals surface area contributed by atoms with E-state index in [4.69, 9.17) is 16.6 Å². The maximum Gasteiger partial charge on any atom is 0.229 e. The van der Waals surface area contributed by atoms with Crippen LogP contribution >= 0.6 is 11.6 Å². The van der Waals surface area contributed by atoms with Gasteiger partial charge in [-0.15, -0.1) is 0 Å². The Labute approximate surface area is 170 Å². The molecule has 1 amide bonds. The normalized spacial score (nSPS) is 16.3. The first kappa shape index (κ1) is 18.6. The van der Waals surface area contributed by atoms with Gasteiger partial charge in [0.2, 0.25) is 5.91 Å². The van der Waals surface area contributed by atoms with Crippen molar-refractivity contribution in [3.63, 3.8) is 0 Å². The van der Waals surface area contributed by atoms with E-state index in [0.29, 0.717) is 6.42 Å². The number of carbonyl (C=O) groups excluding carboxylic acids is 1. The summed E-state index contributed by atoms with van der Waals surface area (Å²) in [6.07, 6.45) is 4.76. The lowest BCUT2D eigenvalue weighted by atomic mass is 10.1. The molecule has 4 rings (SSSR count). The van der Waals surface area contributed by atoms with Gasteiger partial charge in [0.05, 0.1) is 18.2 Å². The van der Waals surface area contributed by atoms with Gasteiger partial charge in [-0.05, 0) is 54.8 Å². The second-order valence-electron chi connectivity index (χ2n) is 7.10. The molecule has 1 aliphatic rings. The molecule has 28 heavy (non-hydrogen) atoms. The highest BCUT2D eigenvalue weighted by atomic mass is 35.5. The van der Waals surface area contributed by atoms with Crippen molar-refractivity contribution in [2.75, 3.05) is 6.54 Å². The van der Waals surface area contributed by atoms with E-state index in [1.807, 2.05) is 65.6 Å². The van der Waals surface area contributed by atoms with E-state index in [0.717, 1.165) is 47.9 Å². The molecule has 0 spiro atoms. The SMILES string of the molecule is O=C(Cc1ccccn1)N1CCC[C@@H]1c1cccc(Cc2ccc(Cl)cc2)n1. The van der Waals surface area contributed by atoms with Gasteiger partial charge >= 0.3 is 0 Å². The molecular weight excluding hydrogens is 370 g/mol. The third-order valence-electron chi connectivity index (χ3n) is 5.10. The highest BCUT2D eigenvalue weighted by molar-refractivity contribution is 6.30. The van der Waals surface area contributed by atoms with E-state index in [1.54, 1.807) is 6.20 Å². The number of likely N-dealkylation sites (tertiary alicyclic amines) is 1. The molecule has 0 aliphatic carbocycles. The Kier molecular flexibility index (Phi) is 5.68. The van der Waals surface area contributed by atoms with E-state index in [9.17, 15) is 4.79 Å². The summed E-state index contributed by atoms with van der Waals surface area (Å²) in [5.41, 5.74) is 3.95. The Bertz CT molecular complexity index is 944. The monoisotopic (exact) mass is 391 g/mol. The first-order valence-electron chi connectivity index (χ1n) is 9.59. The zero-order valence-corrected chi connectivity index (χ0v) is 16.3. The van der Waals surface area contributed by atoms with Crippen molar-refractivity contribution in [3.8, 4) is 0 Å². The summed E-state index contributed by atoms with van der Waals surface area (Å²) in [5, 5.41) is 0.735. The Morgan fingerprint density at radius 2 is 1.86 bits per heavy atom. The van der Waals surface area contributed by atoms with Crippen LogP contribution in [-0.2, 0) is 17.6 Å². The largest absolute Gasteiger partial charge is 0.334 e. The molecule has 0 N–H and O–H groups in total. The molecule has 3 aromatic rings. The number of carbonyl (C=O) groups is 1. The van der Waals surface area contributed by atoms with E-state index >= 15 is 0 Å². The van der Waals surface area contributed by atoms with Crippen LogP contribution in [0.4, 0.5) is 0 Å². The lowest BCUT2D eigenvalue weighted by Crippen LogP contribution is -2.32. The lowest BCUT2D eigenvalue weighted by molar-refractivity contribution is -0.131. The second kappa shape index (κ2) is 8.53. The summed E-state index contributed by atoms with van der Waals surface area (Å²) < 4.78 is 0. The van der Waals surface area contributed by atoms with Crippen molar-refractivity contribution < 1.29 is 4.79 Å². The smallest absolute Gasteiger partial charge is 0.229 e. The number of hydrogen-bond donors (Lipinski definition) is 0. The van der Waals surface area contributed by atoms with Gasteiger partial charge in [-0.3, -0.25) is 14.8 Å². The predicted octanol–water partition coefficient (Wildman–Crippen LogP) is 4.63. The maximum atomic E-state index is 12.9. The number of halogens is 1. The summed E-state index contributed by atoms with van der Waals surface area (Å²) >= 11 is 5.97. The molecule has 142 valence electrons. The molecular formula is C23H22ClN3O. The van der Waals surface area contributed by atoms with Gasteiger partial charge in [-0.2, -0.15) is 0 Å². The molecule has 1 aliphatic heterocycles. The van der Waals surface area contributed by atoms with E-state index < -0.39 is 0 Å². The van der Waals surface area contributed by atoms with E-state index in [2.05, 4.69) is 4.98 Å². The third-order valence-corrected chi connectivity index (χ3v) is 5.35. The van der Waals surface area contributed by atoms with Crippen molar-refractivity contribution >= 4 is 17.5 Å². The molecule has 2 aromatic heterocycles. The molecule has 1 aromatic carbocycles. The summed E-state index contributed by atoms with van der Waals surface area (Å²) in [6.45, 7) is 0.777. The molecule has 0 unspecified atom stereocenters. The number of nitrogens with zero attached hydrogens (tertiary/aromatic N) is 3. The summed E-state index contributed by atoms with van der Waals surface area (Å²) in [6, 6.07) is 19.7. The van der Waals surface area contributed by atoms with Crippen LogP contribution < -0.4 is 0 Å². The quantitative estimate of drug-likeness (QED) is 0.637. The van der Waals surface area contributed by atoms with Crippen molar-refractivity contribution in [2.24, 2.45) is 0 Å². The van der Waals surface area contributed by atoms with Crippen LogP contribution in [0, 0.1) is 0 Å². The van der Waals surface area contributed by atoms with Crippen LogP contribution in [-0.4, -0.2) is 27.3 Å². The number of amides is 1. The first-order valence-corrected chi connectivity index (χ1v) is 9.96. The van der Waals surface area contributed by atoms with Crippen LogP contribution in [0.5, 0.6) is 0 Å². The van der Waals surface area contributed by atoms with E-state index in [1.165, 1.54) is 5.56 Å². The zero-order valence-electron chi connectivity index (χ0n) is 15.6. The van der Waals surface area contributed by atoms with Crippen LogP contribution in [0.2, 0.25) is 5.02 Å². The van der Waals surface area contributed by atoms with Gasteiger partial charge < -0.3 is 4.90 Å². The molecule has 5 heteroatoms.